The van der Waals surface area contributed by atoms with Crippen LogP contribution < -0.4 is 9.47 Å². The highest BCUT2D eigenvalue weighted by Crippen LogP contribution is 2.23. The molecule has 30 heavy (non-hydrogen) atoms. The number of aromatic nitrogens is 1. The zero-order valence-electron chi connectivity index (χ0n) is 16.8. The van der Waals surface area contributed by atoms with Gasteiger partial charge in [-0.15, -0.1) is 11.3 Å². The number of halogens is 1. The van der Waals surface area contributed by atoms with E-state index in [1.807, 2.05) is 36.7 Å². The molecule has 0 saturated carbocycles. The predicted octanol–water partition coefficient (Wildman–Crippen LogP) is 4.35. The van der Waals surface area contributed by atoms with Crippen molar-refractivity contribution in [1.82, 2.24) is 9.88 Å². The molecule has 1 N–H and O–H groups in total. The van der Waals surface area contributed by atoms with Crippen LogP contribution in [0.25, 0.3) is 0 Å². The number of β-amino-alcohol motifs (C(OH)–C–C–N with tert-alkyl or cyclic N) is 1. The highest BCUT2D eigenvalue weighted by molar-refractivity contribution is 7.09. The van der Waals surface area contributed by atoms with E-state index in [-0.39, 0.29) is 6.10 Å². The van der Waals surface area contributed by atoms with Crippen molar-refractivity contribution in [3.63, 3.8) is 0 Å². The van der Waals surface area contributed by atoms with E-state index in [1.54, 1.807) is 23.5 Å². The van der Waals surface area contributed by atoms with Crippen LogP contribution in [0.2, 0.25) is 5.02 Å². The van der Waals surface area contributed by atoms with E-state index in [0.717, 1.165) is 24.4 Å². The summed E-state index contributed by atoms with van der Waals surface area (Å²) in [5, 5.41) is 11.0. The molecule has 0 bridgehead atoms. The lowest BCUT2D eigenvalue weighted by molar-refractivity contribution is 0.0737. The normalized spacial score (nSPS) is 19.2. The van der Waals surface area contributed by atoms with Crippen molar-refractivity contribution in [1.29, 1.82) is 0 Å². The van der Waals surface area contributed by atoms with Crippen molar-refractivity contribution in [2.45, 2.75) is 32.1 Å². The van der Waals surface area contributed by atoms with Crippen molar-refractivity contribution in [2.24, 2.45) is 0 Å². The minimum atomic E-state index is -0.526. The minimum Gasteiger partial charge on any atom is -0.493 e. The molecule has 3 aromatic rings. The average Bonchev–Trinajstić information content (AvgIpc) is 3.28. The molecule has 7 heteroatoms. The molecule has 2 atom stereocenters. The van der Waals surface area contributed by atoms with Crippen LogP contribution >= 0.6 is 22.9 Å². The first-order valence-corrected chi connectivity index (χ1v) is 11.3. The van der Waals surface area contributed by atoms with Crippen molar-refractivity contribution >= 4 is 22.9 Å². The van der Waals surface area contributed by atoms with Gasteiger partial charge in [-0.25, -0.2) is 4.98 Å². The van der Waals surface area contributed by atoms with Gasteiger partial charge in [-0.3, -0.25) is 4.90 Å². The summed E-state index contributed by atoms with van der Waals surface area (Å²) in [5.41, 5.74) is 4.14. The average molecular weight is 445 g/mol. The van der Waals surface area contributed by atoms with Crippen LogP contribution in [0.5, 0.6) is 11.5 Å². The molecule has 1 saturated heterocycles. The number of aryl methyl sites for hydroxylation is 1. The molecule has 1 fully saturated rings. The summed E-state index contributed by atoms with van der Waals surface area (Å²) in [7, 11) is 0. The van der Waals surface area contributed by atoms with Gasteiger partial charge in [0.1, 0.15) is 23.7 Å². The minimum absolute atomic E-state index is 0.263. The molecule has 5 nitrogen and oxygen atoms in total. The third kappa shape index (κ3) is 5.52. The van der Waals surface area contributed by atoms with Crippen molar-refractivity contribution in [3.05, 3.63) is 75.2 Å². The standard InChI is InChI=1S/C23H25ClN2O3S/c1-16-23(30-15-25-16)9-10-28-19-7-5-17(6-8-19)12-26-13-21(27)22(14-26)29-20-4-2-3-18(24)11-20/h2-8,11,15,21-22,27H,9-10,12-14H2,1H3/t21-,22-/m0/s1. The van der Waals surface area contributed by atoms with Crippen LogP contribution in [-0.4, -0.2) is 46.9 Å². The van der Waals surface area contributed by atoms with Crippen molar-refractivity contribution in [3.8, 4) is 11.5 Å². The van der Waals surface area contributed by atoms with E-state index >= 15 is 0 Å². The largest absolute Gasteiger partial charge is 0.493 e. The second kappa shape index (κ2) is 9.79. The van der Waals surface area contributed by atoms with E-state index in [9.17, 15) is 5.11 Å². The Morgan fingerprint density at radius 3 is 2.73 bits per heavy atom. The van der Waals surface area contributed by atoms with Gasteiger partial charge >= 0.3 is 0 Å². The Hall–Kier alpha value is -2.12. The number of likely N-dealkylation sites (tertiary alicyclic amines) is 1. The molecule has 2 heterocycles. The zero-order valence-corrected chi connectivity index (χ0v) is 18.4. The van der Waals surface area contributed by atoms with Gasteiger partial charge in [-0.2, -0.15) is 0 Å². The van der Waals surface area contributed by atoms with Crippen LogP contribution in [-0.2, 0) is 13.0 Å². The summed E-state index contributed by atoms with van der Waals surface area (Å²) in [6.07, 6.45) is 0.0841. The Morgan fingerprint density at radius 2 is 2.00 bits per heavy atom. The number of hydrogen-bond donors (Lipinski definition) is 1. The third-order valence-electron chi connectivity index (χ3n) is 5.17. The van der Waals surface area contributed by atoms with Crippen LogP contribution in [0.1, 0.15) is 16.1 Å². The molecule has 1 aliphatic rings. The first kappa shape index (κ1) is 21.1. The second-order valence-electron chi connectivity index (χ2n) is 7.48. The van der Waals surface area contributed by atoms with Gasteiger partial charge in [-0.1, -0.05) is 29.8 Å². The van der Waals surface area contributed by atoms with Crippen molar-refractivity contribution in [2.75, 3.05) is 19.7 Å². The maximum absolute atomic E-state index is 10.4. The number of aliphatic hydroxyl groups excluding tert-OH is 1. The van der Waals surface area contributed by atoms with Gasteiger partial charge in [0.2, 0.25) is 0 Å². The smallest absolute Gasteiger partial charge is 0.138 e. The van der Waals surface area contributed by atoms with Gasteiger partial charge in [-0.05, 0) is 42.8 Å². The quantitative estimate of drug-likeness (QED) is 0.559. The second-order valence-corrected chi connectivity index (χ2v) is 8.85. The Bertz CT molecular complexity index is 963. The fourth-order valence-electron chi connectivity index (χ4n) is 3.57. The number of thiazole rings is 1. The molecule has 2 aromatic carbocycles. The highest BCUT2D eigenvalue weighted by Gasteiger charge is 2.33. The van der Waals surface area contributed by atoms with Gasteiger partial charge in [0.15, 0.2) is 0 Å². The van der Waals surface area contributed by atoms with Crippen molar-refractivity contribution < 1.29 is 14.6 Å². The van der Waals surface area contributed by atoms with Gasteiger partial charge < -0.3 is 14.6 Å². The fourth-order valence-corrected chi connectivity index (χ4v) is 4.51. The maximum Gasteiger partial charge on any atom is 0.138 e. The first-order chi connectivity index (χ1) is 14.6. The molecule has 0 amide bonds. The summed E-state index contributed by atoms with van der Waals surface area (Å²) in [5.74, 6) is 1.55. The number of nitrogens with zero attached hydrogens (tertiary/aromatic N) is 2. The Kier molecular flexibility index (Phi) is 6.89. The molecule has 158 valence electrons. The fraction of sp³-hybridized carbons (Fsp3) is 0.348. The summed E-state index contributed by atoms with van der Waals surface area (Å²) >= 11 is 7.69. The van der Waals surface area contributed by atoms with E-state index in [1.165, 1.54) is 10.4 Å². The highest BCUT2D eigenvalue weighted by atomic mass is 35.5. The SMILES string of the molecule is Cc1ncsc1CCOc1ccc(CN2C[C@H](Oc3cccc(Cl)c3)[C@@H](O)C2)cc1. The number of hydrogen-bond acceptors (Lipinski definition) is 6. The van der Waals surface area contributed by atoms with Crippen LogP contribution in [0.3, 0.4) is 0 Å². The Morgan fingerprint density at radius 1 is 1.17 bits per heavy atom. The van der Waals surface area contributed by atoms with Gasteiger partial charge in [0.25, 0.3) is 0 Å². The first-order valence-electron chi connectivity index (χ1n) is 10.00. The molecular weight excluding hydrogens is 420 g/mol. The topological polar surface area (TPSA) is 54.8 Å². The molecule has 4 rings (SSSR count). The van der Waals surface area contributed by atoms with Crippen LogP contribution in [0.15, 0.2) is 54.0 Å². The molecule has 0 aliphatic carbocycles. The van der Waals surface area contributed by atoms with E-state index in [0.29, 0.717) is 30.5 Å². The summed E-state index contributed by atoms with van der Waals surface area (Å²) in [6, 6.07) is 15.4. The van der Waals surface area contributed by atoms with Crippen LogP contribution in [0, 0.1) is 6.92 Å². The molecule has 0 spiro atoms. The van der Waals surface area contributed by atoms with Gasteiger partial charge in [0, 0.05) is 36.0 Å². The van der Waals surface area contributed by atoms with E-state index < -0.39 is 6.10 Å². The third-order valence-corrected chi connectivity index (χ3v) is 6.40. The van der Waals surface area contributed by atoms with Crippen LogP contribution in [0.4, 0.5) is 0 Å². The number of benzene rings is 2. The molecule has 0 unspecified atom stereocenters. The van der Waals surface area contributed by atoms with Gasteiger partial charge in [0.05, 0.1) is 17.8 Å². The predicted molar refractivity (Wildman–Crippen MR) is 120 cm³/mol. The molecule has 1 aromatic heterocycles. The number of ether oxygens (including phenoxy) is 2. The molecule has 0 radical (unpaired) electrons. The van der Waals surface area contributed by atoms with E-state index in [4.69, 9.17) is 21.1 Å². The molecule has 1 aliphatic heterocycles. The number of rotatable bonds is 8. The lowest BCUT2D eigenvalue weighted by atomic mass is 10.2. The summed E-state index contributed by atoms with van der Waals surface area (Å²) < 4.78 is 11.8. The monoisotopic (exact) mass is 444 g/mol. The van der Waals surface area contributed by atoms with E-state index in [2.05, 4.69) is 22.0 Å². The number of aliphatic hydroxyl groups is 1. The Labute approximate surface area is 185 Å². The summed E-state index contributed by atoms with van der Waals surface area (Å²) in [6.45, 7) is 4.67. The molecular formula is C23H25ClN2O3S. The summed E-state index contributed by atoms with van der Waals surface area (Å²) in [4.78, 5) is 7.73. The Balaban J connectivity index is 1.25. The zero-order chi connectivity index (χ0) is 20.9. The maximum atomic E-state index is 10.4. The lowest BCUT2D eigenvalue weighted by Gasteiger charge is -2.17. The lowest BCUT2D eigenvalue weighted by Crippen LogP contribution is -2.29.